The zero-order chi connectivity index (χ0) is 18.6. The molecule has 1 fully saturated rings. The number of nitrogens with two attached hydrogens (primary N) is 1. The molecule has 1 aromatic carbocycles. The number of carbonyl (C=O) groups excluding carboxylic acids is 2. The molecule has 3 heterocycles. The van der Waals surface area contributed by atoms with Gasteiger partial charge in [0, 0.05) is 31.0 Å². The van der Waals surface area contributed by atoms with Crippen molar-refractivity contribution in [3.05, 3.63) is 59.5 Å². The summed E-state index contributed by atoms with van der Waals surface area (Å²) in [6.45, 7) is 2.59. The molecular formula is C21H26N3O3+. The lowest BCUT2D eigenvalue weighted by molar-refractivity contribution is -0.695. The van der Waals surface area contributed by atoms with Crippen molar-refractivity contribution in [3.8, 4) is 0 Å². The number of likely N-dealkylation sites (tertiary alicyclic amines) is 1. The Morgan fingerprint density at radius 1 is 1.11 bits per heavy atom. The lowest BCUT2D eigenvalue weighted by Crippen LogP contribution is -2.93. The quantitative estimate of drug-likeness (QED) is 0.839. The highest BCUT2D eigenvalue weighted by atomic mass is 16.3. The van der Waals surface area contributed by atoms with Gasteiger partial charge in [-0.25, -0.2) is 0 Å². The van der Waals surface area contributed by atoms with Gasteiger partial charge in [0.25, 0.3) is 5.91 Å². The van der Waals surface area contributed by atoms with E-state index in [1.54, 1.807) is 6.26 Å². The molecule has 1 aromatic heterocycles. The van der Waals surface area contributed by atoms with Gasteiger partial charge in [-0.3, -0.25) is 9.59 Å². The minimum Gasteiger partial charge on any atom is -0.467 e. The predicted octanol–water partition coefficient (Wildman–Crippen LogP) is 0.823. The normalized spacial score (nSPS) is 20.1. The van der Waals surface area contributed by atoms with E-state index < -0.39 is 0 Å². The maximum Gasteiger partial charge on any atom is 0.281 e. The van der Waals surface area contributed by atoms with Crippen LogP contribution in [0.5, 0.6) is 0 Å². The molecule has 6 heteroatoms. The summed E-state index contributed by atoms with van der Waals surface area (Å²) in [7, 11) is 0. The first-order chi connectivity index (χ1) is 13.2. The Bertz CT molecular complexity index is 795. The van der Waals surface area contributed by atoms with E-state index in [9.17, 15) is 9.59 Å². The standard InChI is InChI=1S/C21H25N3O3/c25-20(23-14-18-6-3-11-27-18)15-7-9-24(10-8-15)21(26)19-12-16-4-1-2-5-17(16)13-22-19/h1-6,11,15,19,22H,7-10,12-14H2,(H,23,25)/p+1/t19-/m0/s1. The molecule has 2 amide bonds. The molecule has 2 aliphatic heterocycles. The molecule has 1 atom stereocenters. The van der Waals surface area contributed by atoms with Crippen LogP contribution in [0.15, 0.2) is 47.1 Å². The molecule has 27 heavy (non-hydrogen) atoms. The number of carbonyl (C=O) groups is 2. The summed E-state index contributed by atoms with van der Waals surface area (Å²) in [6, 6.07) is 12.0. The van der Waals surface area contributed by atoms with Crippen LogP contribution < -0.4 is 10.6 Å². The van der Waals surface area contributed by atoms with Crippen molar-refractivity contribution in [2.45, 2.75) is 38.4 Å². The van der Waals surface area contributed by atoms with E-state index in [1.807, 2.05) is 23.1 Å². The summed E-state index contributed by atoms with van der Waals surface area (Å²) in [5.74, 6) is 0.986. The van der Waals surface area contributed by atoms with Crippen LogP contribution in [0, 0.1) is 5.92 Å². The number of benzene rings is 1. The Morgan fingerprint density at radius 3 is 2.63 bits per heavy atom. The number of nitrogens with zero attached hydrogens (tertiary/aromatic N) is 1. The lowest BCUT2D eigenvalue weighted by atomic mass is 9.92. The van der Waals surface area contributed by atoms with E-state index in [4.69, 9.17) is 4.42 Å². The number of amides is 2. The molecule has 3 N–H and O–H groups in total. The molecule has 2 aliphatic rings. The lowest BCUT2D eigenvalue weighted by Gasteiger charge is -2.34. The predicted molar refractivity (Wildman–Crippen MR) is 99.4 cm³/mol. The number of rotatable bonds is 4. The van der Waals surface area contributed by atoms with Gasteiger partial charge < -0.3 is 20.0 Å². The van der Waals surface area contributed by atoms with Gasteiger partial charge >= 0.3 is 0 Å². The summed E-state index contributed by atoms with van der Waals surface area (Å²) < 4.78 is 5.24. The van der Waals surface area contributed by atoms with Crippen molar-refractivity contribution in [2.24, 2.45) is 5.92 Å². The second-order valence-electron chi connectivity index (χ2n) is 7.42. The molecule has 2 aromatic rings. The fraction of sp³-hybridized carbons (Fsp3) is 0.429. The molecule has 6 nitrogen and oxygen atoms in total. The molecule has 142 valence electrons. The first-order valence-corrected chi connectivity index (χ1v) is 9.69. The van der Waals surface area contributed by atoms with E-state index in [-0.39, 0.29) is 23.8 Å². The van der Waals surface area contributed by atoms with E-state index in [2.05, 4.69) is 28.8 Å². The maximum absolute atomic E-state index is 12.9. The number of furan rings is 1. The van der Waals surface area contributed by atoms with E-state index in [1.165, 1.54) is 11.1 Å². The Hall–Kier alpha value is -2.60. The van der Waals surface area contributed by atoms with Gasteiger partial charge in [-0.15, -0.1) is 0 Å². The van der Waals surface area contributed by atoms with Gasteiger partial charge in [-0.2, -0.15) is 0 Å². The SMILES string of the molecule is O=C(NCc1ccco1)C1CCN(C(=O)[C@@H]2Cc3ccccc3C[NH2+]2)CC1. The fourth-order valence-electron chi connectivity index (χ4n) is 4.06. The Balaban J connectivity index is 1.26. The summed E-state index contributed by atoms with van der Waals surface area (Å²) in [5.41, 5.74) is 2.61. The monoisotopic (exact) mass is 368 g/mol. The Kier molecular flexibility index (Phi) is 5.25. The number of nitrogens with one attached hydrogen (secondary N) is 1. The van der Waals surface area contributed by atoms with Crippen LogP contribution in [0.25, 0.3) is 0 Å². The number of piperidine rings is 1. The van der Waals surface area contributed by atoms with Crippen LogP contribution in [0.3, 0.4) is 0 Å². The van der Waals surface area contributed by atoms with Crippen LogP contribution >= 0.6 is 0 Å². The molecular weight excluding hydrogens is 342 g/mol. The second kappa shape index (κ2) is 7.96. The van der Waals surface area contributed by atoms with Crippen LogP contribution in [0.1, 0.15) is 29.7 Å². The smallest absolute Gasteiger partial charge is 0.281 e. The van der Waals surface area contributed by atoms with Crippen molar-refractivity contribution in [1.29, 1.82) is 0 Å². The van der Waals surface area contributed by atoms with E-state index in [0.717, 1.165) is 31.6 Å². The largest absolute Gasteiger partial charge is 0.467 e. The molecule has 0 unspecified atom stereocenters. The van der Waals surface area contributed by atoms with Gasteiger partial charge in [-0.1, -0.05) is 24.3 Å². The van der Waals surface area contributed by atoms with Crippen LogP contribution in [-0.4, -0.2) is 35.8 Å². The number of hydrogen-bond acceptors (Lipinski definition) is 3. The Labute approximate surface area is 158 Å². The van der Waals surface area contributed by atoms with E-state index in [0.29, 0.717) is 19.6 Å². The highest BCUT2D eigenvalue weighted by Crippen LogP contribution is 2.20. The third-order valence-corrected chi connectivity index (χ3v) is 5.69. The molecule has 1 saturated heterocycles. The first-order valence-electron chi connectivity index (χ1n) is 9.69. The fourth-order valence-corrected chi connectivity index (χ4v) is 4.06. The summed E-state index contributed by atoms with van der Waals surface area (Å²) in [4.78, 5) is 27.2. The molecule has 0 saturated carbocycles. The van der Waals surface area contributed by atoms with Gasteiger partial charge in [-0.05, 0) is 30.5 Å². The first kappa shape index (κ1) is 17.8. The van der Waals surface area contributed by atoms with Crippen molar-refractivity contribution in [1.82, 2.24) is 10.2 Å². The molecule has 0 spiro atoms. The summed E-state index contributed by atoms with van der Waals surface area (Å²) >= 11 is 0. The van der Waals surface area contributed by atoms with Crippen LogP contribution in [0.2, 0.25) is 0 Å². The highest BCUT2D eigenvalue weighted by Gasteiger charge is 2.34. The maximum atomic E-state index is 12.9. The van der Waals surface area contributed by atoms with Gasteiger partial charge in [0.05, 0.1) is 12.8 Å². The van der Waals surface area contributed by atoms with Gasteiger partial charge in [0.1, 0.15) is 12.3 Å². The number of quaternary nitrogens is 1. The number of hydrogen-bond donors (Lipinski definition) is 2. The van der Waals surface area contributed by atoms with Crippen molar-refractivity contribution < 1.29 is 19.3 Å². The molecule has 4 rings (SSSR count). The zero-order valence-electron chi connectivity index (χ0n) is 15.4. The minimum atomic E-state index is -0.0378. The summed E-state index contributed by atoms with van der Waals surface area (Å²) in [5, 5.41) is 5.08. The average Bonchev–Trinajstić information content (AvgIpc) is 3.25. The third-order valence-electron chi connectivity index (χ3n) is 5.69. The highest BCUT2D eigenvalue weighted by molar-refractivity contribution is 5.82. The van der Waals surface area contributed by atoms with Crippen molar-refractivity contribution >= 4 is 11.8 Å². The third kappa shape index (κ3) is 4.06. The van der Waals surface area contributed by atoms with Gasteiger partial charge in [0.2, 0.25) is 5.91 Å². The topological polar surface area (TPSA) is 79.2 Å². The van der Waals surface area contributed by atoms with Crippen molar-refractivity contribution in [2.75, 3.05) is 13.1 Å². The molecule has 0 aliphatic carbocycles. The second-order valence-corrected chi connectivity index (χ2v) is 7.42. The van der Waals surface area contributed by atoms with Crippen LogP contribution in [-0.2, 0) is 29.1 Å². The Morgan fingerprint density at radius 2 is 1.89 bits per heavy atom. The summed E-state index contributed by atoms with van der Waals surface area (Å²) in [6.07, 6.45) is 3.84. The number of fused-ring (bicyclic) bond motifs is 1. The van der Waals surface area contributed by atoms with E-state index >= 15 is 0 Å². The average molecular weight is 368 g/mol. The molecule has 0 bridgehead atoms. The minimum absolute atomic E-state index is 0.0277. The van der Waals surface area contributed by atoms with Gasteiger partial charge in [0.15, 0.2) is 6.04 Å². The van der Waals surface area contributed by atoms with Crippen molar-refractivity contribution in [3.63, 3.8) is 0 Å². The van der Waals surface area contributed by atoms with Crippen LogP contribution in [0.4, 0.5) is 0 Å². The zero-order valence-corrected chi connectivity index (χ0v) is 15.4. The molecule has 0 radical (unpaired) electrons.